The van der Waals surface area contributed by atoms with E-state index >= 15 is 0 Å². The van der Waals surface area contributed by atoms with Gasteiger partial charge in [-0.1, -0.05) is 12.1 Å². The lowest BCUT2D eigenvalue weighted by Crippen LogP contribution is -2.46. The van der Waals surface area contributed by atoms with Crippen molar-refractivity contribution in [2.24, 2.45) is 0 Å². The molecule has 0 N–H and O–H groups in total. The zero-order valence-electron chi connectivity index (χ0n) is 16.9. The second kappa shape index (κ2) is 8.57. The molecule has 3 aromatic rings. The summed E-state index contributed by atoms with van der Waals surface area (Å²) in [6, 6.07) is 15.4. The van der Waals surface area contributed by atoms with Crippen molar-refractivity contribution < 1.29 is 13.9 Å². The lowest BCUT2D eigenvalue weighted by Gasteiger charge is -2.36. The Morgan fingerprint density at radius 2 is 1.83 bits per heavy atom. The predicted octanol–water partition coefficient (Wildman–Crippen LogP) is 3.52. The Labute approximate surface area is 170 Å². The number of nitrogens with zero attached hydrogens (tertiary/aromatic N) is 2. The van der Waals surface area contributed by atoms with Crippen LogP contribution in [0, 0.1) is 0 Å². The van der Waals surface area contributed by atoms with Crippen LogP contribution in [0.2, 0.25) is 0 Å². The number of benzene rings is 2. The van der Waals surface area contributed by atoms with Gasteiger partial charge in [-0.25, -0.2) is 4.79 Å². The summed E-state index contributed by atoms with van der Waals surface area (Å²) in [6.45, 7) is 7.04. The molecule has 6 nitrogen and oxygen atoms in total. The molecule has 0 bridgehead atoms. The number of anilines is 1. The molecule has 0 amide bonds. The summed E-state index contributed by atoms with van der Waals surface area (Å²) in [7, 11) is 1.60. The second-order valence-electron chi connectivity index (χ2n) is 7.12. The van der Waals surface area contributed by atoms with E-state index in [9.17, 15) is 4.79 Å². The molecule has 2 aromatic carbocycles. The van der Waals surface area contributed by atoms with Gasteiger partial charge in [0.2, 0.25) is 0 Å². The monoisotopic (exact) mass is 394 g/mol. The fourth-order valence-corrected chi connectivity index (χ4v) is 3.85. The minimum Gasteiger partial charge on any atom is -0.497 e. The van der Waals surface area contributed by atoms with E-state index < -0.39 is 0 Å². The highest BCUT2D eigenvalue weighted by molar-refractivity contribution is 5.81. The summed E-state index contributed by atoms with van der Waals surface area (Å²) in [6.07, 6.45) is 0. The van der Waals surface area contributed by atoms with Gasteiger partial charge in [0, 0.05) is 50.2 Å². The summed E-state index contributed by atoms with van der Waals surface area (Å²) < 4.78 is 16.4. The Hall–Kier alpha value is -2.99. The minimum absolute atomic E-state index is 0.329. The van der Waals surface area contributed by atoms with Crippen molar-refractivity contribution in [3.05, 3.63) is 64.5 Å². The fraction of sp³-hybridized carbons (Fsp3) is 0.348. The number of para-hydroxylation sites is 2. The molecule has 4 rings (SSSR count). The summed E-state index contributed by atoms with van der Waals surface area (Å²) >= 11 is 0. The Kier molecular flexibility index (Phi) is 5.71. The van der Waals surface area contributed by atoms with Crippen LogP contribution in [-0.4, -0.2) is 44.8 Å². The molecule has 29 heavy (non-hydrogen) atoms. The molecular formula is C23H26N2O4. The van der Waals surface area contributed by atoms with Crippen LogP contribution < -0.4 is 20.0 Å². The molecular weight excluding hydrogens is 368 g/mol. The summed E-state index contributed by atoms with van der Waals surface area (Å²) in [5.41, 5.74) is 2.37. The highest BCUT2D eigenvalue weighted by atomic mass is 16.5. The largest absolute Gasteiger partial charge is 0.497 e. The number of hydrogen-bond donors (Lipinski definition) is 0. The quantitative estimate of drug-likeness (QED) is 0.597. The number of piperazine rings is 1. The lowest BCUT2D eigenvalue weighted by atomic mass is 10.1. The smallest absolute Gasteiger partial charge is 0.336 e. The van der Waals surface area contributed by atoms with E-state index in [2.05, 4.69) is 15.9 Å². The molecule has 1 saturated heterocycles. The topological polar surface area (TPSA) is 55.2 Å². The van der Waals surface area contributed by atoms with Gasteiger partial charge in [-0.3, -0.25) is 4.90 Å². The van der Waals surface area contributed by atoms with Crippen molar-refractivity contribution in [3.8, 4) is 11.5 Å². The number of rotatable bonds is 6. The van der Waals surface area contributed by atoms with Gasteiger partial charge in [-0.05, 0) is 36.8 Å². The minimum atomic E-state index is -0.329. The van der Waals surface area contributed by atoms with Gasteiger partial charge in [0.15, 0.2) is 0 Å². The maximum Gasteiger partial charge on any atom is 0.336 e. The third-order valence-corrected chi connectivity index (χ3v) is 5.31. The van der Waals surface area contributed by atoms with Gasteiger partial charge in [0.25, 0.3) is 0 Å². The van der Waals surface area contributed by atoms with Crippen molar-refractivity contribution in [2.45, 2.75) is 13.5 Å². The normalized spacial score (nSPS) is 14.9. The van der Waals surface area contributed by atoms with Gasteiger partial charge in [0.05, 0.1) is 19.4 Å². The van der Waals surface area contributed by atoms with Gasteiger partial charge in [0.1, 0.15) is 17.1 Å². The Morgan fingerprint density at radius 1 is 1.03 bits per heavy atom. The first-order valence-corrected chi connectivity index (χ1v) is 9.98. The SMILES string of the molecule is CCOc1ccccc1N1CCN(Cc2cc(=O)oc3cc(OC)ccc23)CC1. The third kappa shape index (κ3) is 4.22. The first kappa shape index (κ1) is 19.3. The molecule has 0 spiro atoms. The molecule has 0 aliphatic carbocycles. The van der Waals surface area contributed by atoms with Crippen molar-refractivity contribution >= 4 is 16.7 Å². The molecule has 1 aliphatic rings. The Balaban J connectivity index is 1.49. The van der Waals surface area contributed by atoms with E-state index in [-0.39, 0.29) is 5.63 Å². The molecule has 0 atom stereocenters. The van der Waals surface area contributed by atoms with Crippen molar-refractivity contribution in [1.82, 2.24) is 4.90 Å². The highest BCUT2D eigenvalue weighted by Crippen LogP contribution is 2.29. The first-order chi connectivity index (χ1) is 14.2. The average Bonchev–Trinajstić information content (AvgIpc) is 2.74. The van der Waals surface area contributed by atoms with Gasteiger partial charge >= 0.3 is 5.63 Å². The summed E-state index contributed by atoms with van der Waals surface area (Å²) in [4.78, 5) is 16.8. The van der Waals surface area contributed by atoms with Gasteiger partial charge in [-0.2, -0.15) is 0 Å². The zero-order chi connectivity index (χ0) is 20.2. The Morgan fingerprint density at radius 3 is 2.59 bits per heavy atom. The third-order valence-electron chi connectivity index (χ3n) is 5.31. The maximum absolute atomic E-state index is 12.0. The van der Waals surface area contributed by atoms with E-state index in [4.69, 9.17) is 13.9 Å². The molecule has 1 aromatic heterocycles. The molecule has 0 radical (unpaired) electrons. The van der Waals surface area contributed by atoms with Crippen molar-refractivity contribution in [3.63, 3.8) is 0 Å². The summed E-state index contributed by atoms with van der Waals surface area (Å²) in [5, 5.41) is 0.953. The van der Waals surface area contributed by atoms with Crippen LogP contribution in [0.5, 0.6) is 11.5 Å². The molecule has 152 valence electrons. The molecule has 2 heterocycles. The van der Waals surface area contributed by atoms with E-state index in [1.165, 1.54) is 0 Å². The molecule has 0 unspecified atom stereocenters. The number of fused-ring (bicyclic) bond motifs is 1. The highest BCUT2D eigenvalue weighted by Gasteiger charge is 2.20. The van der Waals surface area contributed by atoms with Crippen LogP contribution in [0.25, 0.3) is 11.0 Å². The van der Waals surface area contributed by atoms with Crippen molar-refractivity contribution in [1.29, 1.82) is 0 Å². The lowest BCUT2D eigenvalue weighted by molar-refractivity contribution is 0.249. The van der Waals surface area contributed by atoms with Crippen molar-refractivity contribution in [2.75, 3.05) is 44.8 Å². The molecule has 6 heteroatoms. The van der Waals surface area contributed by atoms with Gasteiger partial charge < -0.3 is 18.8 Å². The van der Waals surface area contributed by atoms with E-state index in [0.717, 1.165) is 55.1 Å². The predicted molar refractivity (Wildman–Crippen MR) is 114 cm³/mol. The van der Waals surface area contributed by atoms with Crippen LogP contribution >= 0.6 is 0 Å². The zero-order valence-corrected chi connectivity index (χ0v) is 16.9. The molecule has 1 fully saturated rings. The van der Waals surface area contributed by atoms with Gasteiger partial charge in [-0.15, -0.1) is 0 Å². The van der Waals surface area contributed by atoms with Crippen LogP contribution in [0.1, 0.15) is 12.5 Å². The first-order valence-electron chi connectivity index (χ1n) is 9.98. The van der Waals surface area contributed by atoms with Crippen LogP contribution in [-0.2, 0) is 6.54 Å². The Bertz CT molecular complexity index is 1040. The maximum atomic E-state index is 12.0. The van der Waals surface area contributed by atoms with E-state index in [1.807, 2.05) is 37.3 Å². The second-order valence-corrected chi connectivity index (χ2v) is 7.12. The number of ether oxygens (including phenoxy) is 2. The number of methoxy groups -OCH3 is 1. The average molecular weight is 394 g/mol. The standard InChI is InChI=1S/C23H26N2O4/c1-3-28-21-7-5-4-6-20(21)25-12-10-24(11-13-25)16-17-14-23(26)29-22-15-18(27-2)8-9-19(17)22/h4-9,14-15H,3,10-13,16H2,1-2H3. The van der Waals surface area contributed by atoms with Crippen LogP contribution in [0.3, 0.4) is 0 Å². The molecule has 1 aliphatic heterocycles. The molecule has 0 saturated carbocycles. The van der Waals surface area contributed by atoms with E-state index in [1.54, 1.807) is 19.2 Å². The van der Waals surface area contributed by atoms with Crippen LogP contribution in [0.4, 0.5) is 5.69 Å². The van der Waals surface area contributed by atoms with E-state index in [0.29, 0.717) is 17.9 Å². The number of hydrogen-bond acceptors (Lipinski definition) is 6. The summed E-state index contributed by atoms with van der Waals surface area (Å²) in [5.74, 6) is 1.61. The fourth-order valence-electron chi connectivity index (χ4n) is 3.85. The van der Waals surface area contributed by atoms with Crippen LogP contribution in [0.15, 0.2) is 57.7 Å².